The van der Waals surface area contributed by atoms with E-state index in [9.17, 15) is 13.2 Å². The zero-order chi connectivity index (χ0) is 10.8. The van der Waals surface area contributed by atoms with E-state index in [2.05, 4.69) is 6.58 Å². The van der Waals surface area contributed by atoms with Gasteiger partial charge in [-0.2, -0.15) is 13.2 Å². The Morgan fingerprint density at radius 1 is 1.36 bits per heavy atom. The Hall–Kier alpha value is -1.29. The quantitative estimate of drug-likeness (QED) is 0.782. The van der Waals surface area contributed by atoms with E-state index in [1.807, 2.05) is 0 Å². The molecule has 2 N–H and O–H groups in total. The molecule has 0 heterocycles. The summed E-state index contributed by atoms with van der Waals surface area (Å²) in [6.45, 7) is 3.43. The summed E-state index contributed by atoms with van der Waals surface area (Å²) in [5.74, 6) is 0. The Balaban J connectivity index is 3.37. The van der Waals surface area contributed by atoms with Crippen LogP contribution in [0.2, 0.25) is 0 Å². The highest BCUT2D eigenvalue weighted by molar-refractivity contribution is 5.57. The molecule has 4 heteroatoms. The minimum Gasteiger partial charge on any atom is -0.326 e. The lowest BCUT2D eigenvalue weighted by molar-refractivity contribution is -0.137. The van der Waals surface area contributed by atoms with Crippen molar-refractivity contribution in [2.45, 2.75) is 12.7 Å². The summed E-state index contributed by atoms with van der Waals surface area (Å²) >= 11 is 0. The largest absolute Gasteiger partial charge is 0.416 e. The summed E-state index contributed by atoms with van der Waals surface area (Å²) in [5.41, 5.74) is 5.16. The Labute approximate surface area is 80.0 Å². The number of nitrogens with two attached hydrogens (primary N) is 1. The van der Waals surface area contributed by atoms with Gasteiger partial charge in [0.15, 0.2) is 0 Å². The highest BCUT2D eigenvalue weighted by Crippen LogP contribution is 2.33. The fourth-order valence-electron chi connectivity index (χ4n) is 1.28. The van der Waals surface area contributed by atoms with Gasteiger partial charge in [0.2, 0.25) is 0 Å². The highest BCUT2D eigenvalue weighted by atomic mass is 19.4. The summed E-state index contributed by atoms with van der Waals surface area (Å²) in [7, 11) is 0. The molecule has 0 radical (unpaired) electrons. The molecular formula is C10H10F3N. The molecule has 0 amide bonds. The van der Waals surface area contributed by atoms with Crippen LogP contribution in [0.1, 0.15) is 16.7 Å². The summed E-state index contributed by atoms with van der Waals surface area (Å²) < 4.78 is 37.4. The van der Waals surface area contributed by atoms with Crippen LogP contribution < -0.4 is 5.73 Å². The molecule has 0 atom stereocenters. The molecule has 0 saturated carbocycles. The zero-order valence-electron chi connectivity index (χ0n) is 7.43. The smallest absolute Gasteiger partial charge is 0.326 e. The van der Waals surface area contributed by atoms with Gasteiger partial charge in [-0.05, 0) is 17.2 Å². The van der Waals surface area contributed by atoms with Gasteiger partial charge in [-0.25, -0.2) is 0 Å². The predicted octanol–water partition coefficient (Wildman–Crippen LogP) is 2.81. The molecule has 1 rings (SSSR count). The van der Waals surface area contributed by atoms with Gasteiger partial charge >= 0.3 is 6.18 Å². The standard InChI is InChI=1S/C10H10F3N/c1-2-8-7(6-14)4-3-5-9(8)10(11,12)13/h2-5H,1,6,14H2. The molecule has 0 bridgehead atoms. The van der Waals surface area contributed by atoms with Crippen LogP contribution in [-0.4, -0.2) is 0 Å². The van der Waals surface area contributed by atoms with Gasteiger partial charge in [0.1, 0.15) is 0 Å². The van der Waals surface area contributed by atoms with Crippen LogP contribution in [0.3, 0.4) is 0 Å². The lowest BCUT2D eigenvalue weighted by atomic mass is 10.0. The number of halogens is 3. The Morgan fingerprint density at radius 2 is 2.00 bits per heavy atom. The lowest BCUT2D eigenvalue weighted by Gasteiger charge is -2.12. The van der Waals surface area contributed by atoms with E-state index < -0.39 is 11.7 Å². The van der Waals surface area contributed by atoms with Gasteiger partial charge in [0, 0.05) is 6.54 Å². The van der Waals surface area contributed by atoms with Gasteiger partial charge in [0.25, 0.3) is 0 Å². The van der Waals surface area contributed by atoms with E-state index in [-0.39, 0.29) is 12.1 Å². The Bertz CT molecular complexity index is 342. The van der Waals surface area contributed by atoms with E-state index in [1.54, 1.807) is 6.07 Å². The third-order valence-electron chi connectivity index (χ3n) is 1.93. The number of benzene rings is 1. The van der Waals surface area contributed by atoms with Gasteiger partial charge in [0.05, 0.1) is 5.56 Å². The average Bonchev–Trinajstić information content (AvgIpc) is 2.15. The predicted molar refractivity (Wildman–Crippen MR) is 49.4 cm³/mol. The molecular weight excluding hydrogens is 191 g/mol. The van der Waals surface area contributed by atoms with Crippen molar-refractivity contribution in [2.24, 2.45) is 5.73 Å². The first-order valence-electron chi connectivity index (χ1n) is 4.02. The molecule has 0 aromatic heterocycles. The molecule has 14 heavy (non-hydrogen) atoms. The minimum absolute atomic E-state index is 0.0718. The highest BCUT2D eigenvalue weighted by Gasteiger charge is 2.33. The molecule has 1 aromatic rings. The minimum atomic E-state index is -4.35. The summed E-state index contributed by atoms with van der Waals surface area (Å²) in [5, 5.41) is 0. The van der Waals surface area contributed by atoms with Crippen LogP contribution >= 0.6 is 0 Å². The first-order valence-corrected chi connectivity index (χ1v) is 4.02. The number of rotatable bonds is 2. The van der Waals surface area contributed by atoms with Crippen LogP contribution in [0.4, 0.5) is 13.2 Å². The van der Waals surface area contributed by atoms with Crippen molar-refractivity contribution in [1.29, 1.82) is 0 Å². The van der Waals surface area contributed by atoms with Crippen molar-refractivity contribution < 1.29 is 13.2 Å². The fourth-order valence-corrected chi connectivity index (χ4v) is 1.28. The molecule has 0 aliphatic heterocycles. The van der Waals surface area contributed by atoms with E-state index >= 15 is 0 Å². The van der Waals surface area contributed by atoms with Gasteiger partial charge in [-0.3, -0.25) is 0 Å². The topological polar surface area (TPSA) is 26.0 Å². The van der Waals surface area contributed by atoms with E-state index in [0.29, 0.717) is 5.56 Å². The van der Waals surface area contributed by atoms with Crippen LogP contribution in [-0.2, 0) is 12.7 Å². The summed E-state index contributed by atoms with van der Waals surface area (Å²) in [6.07, 6.45) is -3.17. The maximum atomic E-state index is 12.5. The van der Waals surface area contributed by atoms with Crippen LogP contribution in [0.15, 0.2) is 24.8 Å². The van der Waals surface area contributed by atoms with Gasteiger partial charge in [-0.1, -0.05) is 24.8 Å². The lowest BCUT2D eigenvalue weighted by Crippen LogP contribution is -2.10. The molecule has 0 aliphatic rings. The third kappa shape index (κ3) is 1.96. The average molecular weight is 201 g/mol. The fraction of sp³-hybridized carbons (Fsp3) is 0.200. The molecule has 0 unspecified atom stereocenters. The first-order chi connectivity index (χ1) is 6.50. The molecule has 1 aromatic carbocycles. The van der Waals surface area contributed by atoms with Gasteiger partial charge < -0.3 is 5.73 Å². The Kier molecular flexibility index (Phi) is 2.96. The molecule has 76 valence electrons. The van der Waals surface area contributed by atoms with E-state index in [0.717, 1.165) is 6.07 Å². The molecule has 0 saturated heterocycles. The van der Waals surface area contributed by atoms with E-state index in [1.165, 1.54) is 12.1 Å². The Morgan fingerprint density at radius 3 is 2.43 bits per heavy atom. The number of alkyl halides is 3. The second kappa shape index (κ2) is 3.84. The van der Waals surface area contributed by atoms with Crippen molar-refractivity contribution >= 4 is 6.08 Å². The normalized spacial score (nSPS) is 11.4. The second-order valence-corrected chi connectivity index (χ2v) is 2.78. The van der Waals surface area contributed by atoms with E-state index in [4.69, 9.17) is 5.73 Å². The maximum Gasteiger partial charge on any atom is 0.416 e. The maximum absolute atomic E-state index is 12.5. The number of hydrogen-bond acceptors (Lipinski definition) is 1. The van der Waals surface area contributed by atoms with Crippen molar-refractivity contribution in [2.75, 3.05) is 0 Å². The van der Waals surface area contributed by atoms with Crippen molar-refractivity contribution in [3.8, 4) is 0 Å². The molecule has 0 aliphatic carbocycles. The van der Waals surface area contributed by atoms with Crippen LogP contribution in [0.25, 0.3) is 6.08 Å². The van der Waals surface area contributed by atoms with Crippen molar-refractivity contribution in [3.05, 3.63) is 41.5 Å². The second-order valence-electron chi connectivity index (χ2n) is 2.78. The summed E-state index contributed by atoms with van der Waals surface area (Å²) in [4.78, 5) is 0. The monoisotopic (exact) mass is 201 g/mol. The molecule has 1 nitrogen and oxygen atoms in total. The zero-order valence-corrected chi connectivity index (χ0v) is 7.43. The molecule has 0 fully saturated rings. The van der Waals surface area contributed by atoms with Crippen LogP contribution in [0, 0.1) is 0 Å². The van der Waals surface area contributed by atoms with Crippen molar-refractivity contribution in [3.63, 3.8) is 0 Å². The number of hydrogen-bond donors (Lipinski definition) is 1. The van der Waals surface area contributed by atoms with Crippen molar-refractivity contribution in [1.82, 2.24) is 0 Å². The van der Waals surface area contributed by atoms with Gasteiger partial charge in [-0.15, -0.1) is 0 Å². The third-order valence-corrected chi connectivity index (χ3v) is 1.93. The summed E-state index contributed by atoms with van der Waals surface area (Å²) in [6, 6.07) is 3.93. The SMILES string of the molecule is C=Cc1c(CN)cccc1C(F)(F)F. The molecule has 0 spiro atoms. The van der Waals surface area contributed by atoms with Crippen LogP contribution in [0.5, 0.6) is 0 Å². The first kappa shape index (κ1) is 10.8.